The summed E-state index contributed by atoms with van der Waals surface area (Å²) in [5, 5.41) is 12.6. The molecule has 0 bridgehead atoms. The molecule has 2 aromatic rings. The Bertz CT molecular complexity index is 537. The second-order valence-electron chi connectivity index (χ2n) is 5.78. The van der Waals surface area contributed by atoms with Gasteiger partial charge in [0.25, 0.3) is 0 Å². The lowest BCUT2D eigenvalue weighted by Crippen LogP contribution is -2.20. The first-order valence-electron chi connectivity index (χ1n) is 6.40. The lowest BCUT2D eigenvalue weighted by molar-refractivity contribution is 0.531. The van der Waals surface area contributed by atoms with Crippen LogP contribution in [0.2, 0.25) is 0 Å². The summed E-state index contributed by atoms with van der Waals surface area (Å²) in [5.41, 5.74) is 0.123. The third-order valence-corrected chi connectivity index (χ3v) is 4.33. The van der Waals surface area contributed by atoms with Crippen LogP contribution in [-0.4, -0.2) is 19.7 Å². The van der Waals surface area contributed by atoms with E-state index in [4.69, 9.17) is 0 Å². The van der Waals surface area contributed by atoms with Crippen molar-refractivity contribution in [2.45, 2.75) is 45.7 Å². The van der Waals surface area contributed by atoms with E-state index in [1.807, 2.05) is 17.8 Å². The predicted molar refractivity (Wildman–Crippen MR) is 77.1 cm³/mol. The van der Waals surface area contributed by atoms with Crippen LogP contribution in [-0.2, 0) is 19.0 Å². The molecule has 2 rings (SSSR count). The molecule has 0 aliphatic heterocycles. The van der Waals surface area contributed by atoms with E-state index < -0.39 is 0 Å². The van der Waals surface area contributed by atoms with Gasteiger partial charge in [-0.2, -0.15) is 0 Å². The van der Waals surface area contributed by atoms with Gasteiger partial charge >= 0.3 is 0 Å². The Labute approximate surface area is 118 Å². The van der Waals surface area contributed by atoms with Gasteiger partial charge < -0.3 is 9.88 Å². The Balaban J connectivity index is 1.96. The molecule has 6 heteroatoms. The molecule has 1 atom stereocenters. The van der Waals surface area contributed by atoms with Gasteiger partial charge in [-0.15, -0.1) is 21.5 Å². The minimum Gasteiger partial charge on any atom is -0.319 e. The third-order valence-electron chi connectivity index (χ3n) is 2.91. The van der Waals surface area contributed by atoms with E-state index in [0.29, 0.717) is 0 Å². The number of aryl methyl sites for hydroxylation is 1. The molecule has 19 heavy (non-hydrogen) atoms. The summed E-state index contributed by atoms with van der Waals surface area (Å²) in [6, 6.07) is 0.174. The summed E-state index contributed by atoms with van der Waals surface area (Å²) in [6.45, 7) is 9.46. The second-order valence-corrected chi connectivity index (χ2v) is 6.90. The summed E-state index contributed by atoms with van der Waals surface area (Å²) in [4.78, 5) is 5.74. The molecule has 0 spiro atoms. The van der Waals surface area contributed by atoms with Crippen molar-refractivity contribution in [2.75, 3.05) is 0 Å². The van der Waals surface area contributed by atoms with E-state index in [1.54, 1.807) is 17.7 Å². The second kappa shape index (κ2) is 5.38. The van der Waals surface area contributed by atoms with Crippen LogP contribution in [0.25, 0.3) is 0 Å². The first-order valence-corrected chi connectivity index (χ1v) is 7.22. The lowest BCUT2D eigenvalue weighted by atomic mass is 9.98. The maximum atomic E-state index is 4.49. The molecule has 0 aromatic carbocycles. The number of nitrogens with zero attached hydrogens (tertiary/aromatic N) is 4. The van der Waals surface area contributed by atoms with Gasteiger partial charge in [0.1, 0.15) is 12.2 Å². The van der Waals surface area contributed by atoms with Crippen molar-refractivity contribution < 1.29 is 0 Å². The van der Waals surface area contributed by atoms with E-state index in [2.05, 4.69) is 48.2 Å². The highest BCUT2D eigenvalue weighted by Crippen LogP contribution is 2.26. The van der Waals surface area contributed by atoms with Crippen LogP contribution in [0.15, 0.2) is 12.5 Å². The van der Waals surface area contributed by atoms with Crippen molar-refractivity contribution in [2.24, 2.45) is 7.05 Å². The Morgan fingerprint density at radius 1 is 1.42 bits per heavy atom. The van der Waals surface area contributed by atoms with E-state index in [1.165, 1.54) is 9.88 Å². The normalized spacial score (nSPS) is 13.7. The molecule has 1 N–H and O–H groups in total. The van der Waals surface area contributed by atoms with Crippen molar-refractivity contribution in [1.29, 1.82) is 0 Å². The van der Waals surface area contributed by atoms with E-state index in [9.17, 15) is 0 Å². The van der Waals surface area contributed by atoms with Gasteiger partial charge in [0.05, 0.1) is 11.0 Å². The minimum atomic E-state index is 0.123. The van der Waals surface area contributed by atoms with Gasteiger partial charge in [0.15, 0.2) is 0 Å². The highest BCUT2D eigenvalue weighted by molar-refractivity contribution is 7.11. The summed E-state index contributed by atoms with van der Waals surface area (Å²) < 4.78 is 1.94. The number of hydrogen-bond acceptors (Lipinski definition) is 5. The van der Waals surface area contributed by atoms with Crippen LogP contribution in [0.1, 0.15) is 49.4 Å². The number of rotatable bonds is 4. The average molecular weight is 279 g/mol. The Hall–Kier alpha value is -1.27. The molecule has 0 amide bonds. The molecule has 0 radical (unpaired) electrons. The first kappa shape index (κ1) is 14.1. The molecule has 0 saturated heterocycles. The Kier molecular flexibility index (Phi) is 4.01. The molecule has 104 valence electrons. The summed E-state index contributed by atoms with van der Waals surface area (Å²) >= 11 is 1.77. The lowest BCUT2D eigenvalue weighted by Gasteiger charge is -2.14. The van der Waals surface area contributed by atoms with Gasteiger partial charge in [-0.3, -0.25) is 0 Å². The molecular formula is C13H21N5S. The maximum absolute atomic E-state index is 4.49. The number of thiazole rings is 1. The molecular weight excluding hydrogens is 258 g/mol. The molecule has 0 aliphatic carbocycles. The monoisotopic (exact) mass is 279 g/mol. The molecule has 5 nitrogen and oxygen atoms in total. The van der Waals surface area contributed by atoms with Crippen molar-refractivity contribution >= 4 is 11.3 Å². The van der Waals surface area contributed by atoms with Gasteiger partial charge in [-0.25, -0.2) is 4.98 Å². The van der Waals surface area contributed by atoms with Crippen molar-refractivity contribution in [3.05, 3.63) is 28.2 Å². The summed E-state index contributed by atoms with van der Waals surface area (Å²) in [7, 11) is 1.96. The zero-order valence-corrected chi connectivity index (χ0v) is 13.0. The highest BCUT2D eigenvalue weighted by atomic mass is 32.1. The fourth-order valence-electron chi connectivity index (χ4n) is 1.77. The van der Waals surface area contributed by atoms with Crippen molar-refractivity contribution in [3.63, 3.8) is 0 Å². The quantitative estimate of drug-likeness (QED) is 0.934. The van der Waals surface area contributed by atoms with Crippen LogP contribution >= 0.6 is 11.3 Å². The SMILES string of the molecule is CC(NCc1cnc(C(C)(C)C)s1)c1nncn1C. The Morgan fingerprint density at radius 2 is 2.16 bits per heavy atom. The number of nitrogens with one attached hydrogen (secondary N) is 1. The van der Waals surface area contributed by atoms with E-state index in [-0.39, 0.29) is 11.5 Å². The number of aromatic nitrogens is 4. The van der Waals surface area contributed by atoms with Gasteiger partial charge in [0.2, 0.25) is 0 Å². The van der Waals surface area contributed by atoms with Crippen LogP contribution in [0.5, 0.6) is 0 Å². The fraction of sp³-hybridized carbons (Fsp3) is 0.615. The predicted octanol–water partition coefficient (Wildman–Crippen LogP) is 2.42. The summed E-state index contributed by atoms with van der Waals surface area (Å²) in [5.74, 6) is 0.945. The molecule has 0 fully saturated rings. The third kappa shape index (κ3) is 3.39. The number of hydrogen-bond donors (Lipinski definition) is 1. The average Bonchev–Trinajstić information content (AvgIpc) is 2.93. The zero-order valence-electron chi connectivity index (χ0n) is 12.1. The standard InChI is InChI=1S/C13H21N5S/c1-9(11-17-16-8-18(11)5)14-6-10-7-15-12(19-10)13(2,3)4/h7-9,14H,6H2,1-5H3. The van der Waals surface area contributed by atoms with Gasteiger partial charge in [-0.05, 0) is 6.92 Å². The van der Waals surface area contributed by atoms with E-state index >= 15 is 0 Å². The largest absolute Gasteiger partial charge is 0.319 e. The Morgan fingerprint density at radius 3 is 2.68 bits per heavy atom. The molecule has 2 heterocycles. The molecule has 0 aliphatic rings. The molecule has 0 saturated carbocycles. The highest BCUT2D eigenvalue weighted by Gasteiger charge is 2.18. The van der Waals surface area contributed by atoms with Crippen LogP contribution in [0.3, 0.4) is 0 Å². The molecule has 2 aromatic heterocycles. The molecule has 1 unspecified atom stereocenters. The van der Waals surface area contributed by atoms with Gasteiger partial charge in [0, 0.05) is 30.1 Å². The minimum absolute atomic E-state index is 0.123. The summed E-state index contributed by atoms with van der Waals surface area (Å²) in [6.07, 6.45) is 3.68. The van der Waals surface area contributed by atoms with Gasteiger partial charge in [-0.1, -0.05) is 20.8 Å². The van der Waals surface area contributed by atoms with Crippen molar-refractivity contribution in [3.8, 4) is 0 Å². The van der Waals surface area contributed by atoms with Crippen LogP contribution in [0.4, 0.5) is 0 Å². The van der Waals surface area contributed by atoms with Crippen LogP contribution in [0, 0.1) is 0 Å². The smallest absolute Gasteiger partial charge is 0.149 e. The van der Waals surface area contributed by atoms with Crippen LogP contribution < -0.4 is 5.32 Å². The fourth-order valence-corrected chi connectivity index (χ4v) is 2.69. The maximum Gasteiger partial charge on any atom is 0.149 e. The van der Waals surface area contributed by atoms with Crippen molar-refractivity contribution in [1.82, 2.24) is 25.1 Å². The first-order chi connectivity index (χ1) is 8.88. The van der Waals surface area contributed by atoms with E-state index in [0.717, 1.165) is 12.4 Å². The zero-order chi connectivity index (χ0) is 14.0. The topological polar surface area (TPSA) is 55.6 Å².